The van der Waals surface area contributed by atoms with Crippen LogP contribution in [0.5, 0.6) is 5.75 Å². The molecular formula is C17H16N2O4S. The number of hydrogen-bond donors (Lipinski definition) is 0. The van der Waals surface area contributed by atoms with Crippen LogP contribution in [0.15, 0.2) is 58.6 Å². The molecule has 124 valence electrons. The van der Waals surface area contributed by atoms with Crippen molar-refractivity contribution in [1.82, 2.24) is 9.55 Å². The van der Waals surface area contributed by atoms with Gasteiger partial charge in [-0.1, -0.05) is 11.8 Å². The molecule has 0 bridgehead atoms. The lowest BCUT2D eigenvalue weighted by Gasteiger charge is -2.08. The van der Waals surface area contributed by atoms with Crippen LogP contribution in [0.4, 0.5) is 0 Å². The number of furan rings is 1. The van der Waals surface area contributed by atoms with Crippen LogP contribution in [0.25, 0.3) is 5.69 Å². The first-order chi connectivity index (χ1) is 11.7. The zero-order valence-corrected chi connectivity index (χ0v) is 14.1. The van der Waals surface area contributed by atoms with Gasteiger partial charge in [-0.05, 0) is 30.3 Å². The summed E-state index contributed by atoms with van der Waals surface area (Å²) in [6, 6.07) is 9.31. The molecule has 0 aliphatic rings. The van der Waals surface area contributed by atoms with Gasteiger partial charge in [0.15, 0.2) is 5.16 Å². The summed E-state index contributed by atoms with van der Waals surface area (Å²) in [7, 11) is 2.98. The van der Waals surface area contributed by atoms with Crippen molar-refractivity contribution >= 4 is 17.7 Å². The summed E-state index contributed by atoms with van der Waals surface area (Å²) in [6.07, 6.45) is 5.10. The molecule has 0 amide bonds. The first kappa shape index (κ1) is 16.2. The van der Waals surface area contributed by atoms with Crippen molar-refractivity contribution in [3.63, 3.8) is 0 Å². The fraction of sp³-hybridized carbons (Fsp3) is 0.176. The molecule has 2 aromatic heterocycles. The molecule has 0 unspecified atom stereocenters. The largest absolute Gasteiger partial charge is 0.497 e. The lowest BCUT2D eigenvalue weighted by atomic mass is 10.3. The number of aromatic nitrogens is 2. The minimum absolute atomic E-state index is 0.405. The van der Waals surface area contributed by atoms with Gasteiger partial charge in [-0.25, -0.2) is 9.78 Å². The summed E-state index contributed by atoms with van der Waals surface area (Å²) < 4.78 is 17.3. The van der Waals surface area contributed by atoms with Gasteiger partial charge in [-0.15, -0.1) is 0 Å². The molecule has 7 heteroatoms. The summed E-state index contributed by atoms with van der Waals surface area (Å²) in [5.74, 6) is 1.44. The molecule has 1 aromatic carbocycles. The summed E-state index contributed by atoms with van der Waals surface area (Å²) >= 11 is 1.48. The normalized spacial score (nSPS) is 10.6. The summed E-state index contributed by atoms with van der Waals surface area (Å²) in [5.41, 5.74) is 1.41. The highest BCUT2D eigenvalue weighted by atomic mass is 32.2. The van der Waals surface area contributed by atoms with E-state index in [0.717, 1.165) is 16.6 Å². The number of methoxy groups -OCH3 is 2. The van der Waals surface area contributed by atoms with Crippen molar-refractivity contribution in [2.24, 2.45) is 0 Å². The predicted octanol–water partition coefficient (Wildman–Crippen LogP) is 3.55. The van der Waals surface area contributed by atoms with E-state index in [9.17, 15) is 4.79 Å². The molecule has 0 radical (unpaired) electrons. The molecule has 0 atom stereocenters. The fourth-order valence-corrected chi connectivity index (χ4v) is 3.13. The molecule has 0 N–H and O–H groups in total. The zero-order chi connectivity index (χ0) is 16.9. The second kappa shape index (κ2) is 7.27. The summed E-state index contributed by atoms with van der Waals surface area (Å²) in [6.45, 7) is 0. The van der Waals surface area contributed by atoms with Gasteiger partial charge in [0.25, 0.3) is 0 Å². The van der Waals surface area contributed by atoms with Crippen LogP contribution >= 0.6 is 11.8 Å². The van der Waals surface area contributed by atoms with Crippen LogP contribution < -0.4 is 4.74 Å². The van der Waals surface area contributed by atoms with E-state index in [1.807, 2.05) is 35.0 Å². The second-order valence-electron chi connectivity index (χ2n) is 4.82. The van der Waals surface area contributed by atoms with Gasteiger partial charge in [0.05, 0.1) is 26.2 Å². The number of imidazole rings is 1. The highest BCUT2D eigenvalue weighted by molar-refractivity contribution is 7.98. The number of esters is 1. The van der Waals surface area contributed by atoms with Crippen molar-refractivity contribution in [1.29, 1.82) is 0 Å². The van der Waals surface area contributed by atoms with E-state index in [2.05, 4.69) is 4.98 Å². The van der Waals surface area contributed by atoms with E-state index in [4.69, 9.17) is 13.9 Å². The zero-order valence-electron chi connectivity index (χ0n) is 13.3. The van der Waals surface area contributed by atoms with Crippen molar-refractivity contribution in [3.05, 3.63) is 60.3 Å². The highest BCUT2D eigenvalue weighted by Crippen LogP contribution is 2.27. The number of ether oxygens (including phenoxy) is 2. The minimum Gasteiger partial charge on any atom is -0.497 e. The third-order valence-electron chi connectivity index (χ3n) is 3.44. The number of hydrogen-bond acceptors (Lipinski definition) is 6. The molecule has 3 aromatic rings. The molecule has 0 saturated heterocycles. The van der Waals surface area contributed by atoms with E-state index in [-0.39, 0.29) is 0 Å². The Morgan fingerprint density at radius 1 is 1.25 bits per heavy atom. The number of nitrogens with zero attached hydrogens (tertiary/aromatic N) is 2. The third kappa shape index (κ3) is 3.30. The third-order valence-corrected chi connectivity index (χ3v) is 4.41. The minimum atomic E-state index is -0.405. The smallest absolute Gasteiger partial charge is 0.341 e. The van der Waals surface area contributed by atoms with Crippen LogP contribution in [0, 0.1) is 0 Å². The molecule has 0 fully saturated rings. The van der Waals surface area contributed by atoms with E-state index in [1.54, 1.807) is 19.4 Å². The van der Waals surface area contributed by atoms with Crippen LogP contribution in [-0.2, 0) is 10.5 Å². The topological polar surface area (TPSA) is 66.5 Å². The average Bonchev–Trinajstić information content (AvgIpc) is 3.28. The number of carbonyl (C=O) groups excluding carboxylic acids is 1. The maximum Gasteiger partial charge on any atom is 0.341 e. The van der Waals surface area contributed by atoms with Crippen LogP contribution in [0.3, 0.4) is 0 Å². The number of carbonyl (C=O) groups is 1. The van der Waals surface area contributed by atoms with Crippen LogP contribution in [0.1, 0.15) is 16.1 Å². The van der Waals surface area contributed by atoms with Crippen LogP contribution in [-0.4, -0.2) is 29.7 Å². The first-order valence-corrected chi connectivity index (χ1v) is 8.16. The molecular weight excluding hydrogens is 328 g/mol. The quantitative estimate of drug-likeness (QED) is 0.503. The Hall–Kier alpha value is -2.67. The molecule has 0 saturated carbocycles. The Kier molecular flexibility index (Phi) is 4.90. The Bertz CT molecular complexity index is 823. The second-order valence-corrected chi connectivity index (χ2v) is 5.76. The standard InChI is InChI=1S/C17H16N2O4S/c1-21-13-5-3-12(4-6-13)19-9-8-18-17(19)24-11-15-14(7-10-23-15)16(20)22-2/h3-10H,11H2,1-2H3. The van der Waals surface area contributed by atoms with Crippen molar-refractivity contribution in [2.45, 2.75) is 10.9 Å². The van der Waals surface area contributed by atoms with Gasteiger partial charge in [0.2, 0.25) is 0 Å². The molecule has 24 heavy (non-hydrogen) atoms. The number of thioether (sulfide) groups is 1. The first-order valence-electron chi connectivity index (χ1n) is 7.18. The van der Waals surface area contributed by atoms with E-state index >= 15 is 0 Å². The van der Waals surface area contributed by atoms with Gasteiger partial charge in [0, 0.05) is 18.1 Å². The van der Waals surface area contributed by atoms with Crippen molar-refractivity contribution < 1.29 is 18.7 Å². The van der Waals surface area contributed by atoms with Gasteiger partial charge < -0.3 is 13.9 Å². The Morgan fingerprint density at radius 2 is 2.04 bits per heavy atom. The van der Waals surface area contributed by atoms with E-state index < -0.39 is 5.97 Å². The maximum atomic E-state index is 11.7. The van der Waals surface area contributed by atoms with Crippen molar-refractivity contribution in [2.75, 3.05) is 14.2 Å². The summed E-state index contributed by atoms with van der Waals surface area (Å²) in [5, 5.41) is 0.799. The monoisotopic (exact) mass is 344 g/mol. The van der Waals surface area contributed by atoms with Gasteiger partial charge in [0.1, 0.15) is 17.1 Å². The Labute approximate surface area is 143 Å². The van der Waals surface area contributed by atoms with E-state index in [0.29, 0.717) is 17.1 Å². The SMILES string of the molecule is COC(=O)c1ccoc1CSc1nccn1-c1ccc(OC)cc1. The fourth-order valence-electron chi connectivity index (χ4n) is 2.21. The van der Waals surface area contributed by atoms with E-state index in [1.165, 1.54) is 25.1 Å². The Balaban J connectivity index is 1.76. The lowest BCUT2D eigenvalue weighted by Crippen LogP contribution is -2.02. The number of rotatable bonds is 6. The maximum absolute atomic E-state index is 11.7. The molecule has 2 heterocycles. The lowest BCUT2D eigenvalue weighted by molar-refractivity contribution is 0.0598. The van der Waals surface area contributed by atoms with Crippen LogP contribution in [0.2, 0.25) is 0 Å². The number of benzene rings is 1. The highest BCUT2D eigenvalue weighted by Gasteiger charge is 2.16. The summed E-state index contributed by atoms with van der Waals surface area (Å²) in [4.78, 5) is 16.0. The predicted molar refractivity (Wildman–Crippen MR) is 89.7 cm³/mol. The van der Waals surface area contributed by atoms with Gasteiger partial charge >= 0.3 is 5.97 Å². The molecule has 0 aliphatic heterocycles. The molecule has 0 spiro atoms. The van der Waals surface area contributed by atoms with Crippen molar-refractivity contribution in [3.8, 4) is 11.4 Å². The van der Waals surface area contributed by atoms with Gasteiger partial charge in [-0.3, -0.25) is 4.57 Å². The average molecular weight is 344 g/mol. The van der Waals surface area contributed by atoms with Gasteiger partial charge in [-0.2, -0.15) is 0 Å². The molecule has 3 rings (SSSR count). The Morgan fingerprint density at radius 3 is 2.75 bits per heavy atom. The molecule has 6 nitrogen and oxygen atoms in total. The molecule has 0 aliphatic carbocycles.